The van der Waals surface area contributed by atoms with Crippen LogP contribution in [-0.2, 0) is 7.05 Å². The molecule has 19 heavy (non-hydrogen) atoms. The molecule has 2 aromatic heterocycles. The van der Waals surface area contributed by atoms with Crippen LogP contribution in [-0.4, -0.2) is 19.9 Å². The predicted octanol–water partition coefficient (Wildman–Crippen LogP) is -3.45. The summed E-state index contributed by atoms with van der Waals surface area (Å²) < 4.78 is 3.04. The first-order valence-corrected chi connectivity index (χ1v) is 5.26. The van der Waals surface area contributed by atoms with Crippen molar-refractivity contribution in [1.82, 2.24) is 14.0 Å². The molecule has 0 amide bonds. The number of imidazole rings is 1. The minimum atomic E-state index is -1.25. The third-order valence-electron chi connectivity index (χ3n) is 2.99. The smallest absolute Gasteiger partial charge is 0.545 e. The number of nitrogens with zero attached hydrogens (tertiary/aromatic N) is 3. The summed E-state index contributed by atoms with van der Waals surface area (Å²) in [5.74, 6) is -1.25. The summed E-state index contributed by atoms with van der Waals surface area (Å²) in [6.07, 6.45) is 2.94. The van der Waals surface area contributed by atoms with Crippen LogP contribution >= 0.6 is 0 Å². The second kappa shape index (κ2) is 4.57. The molecule has 3 rings (SSSR count). The van der Waals surface area contributed by atoms with E-state index in [-0.39, 0.29) is 30.0 Å². The van der Waals surface area contributed by atoms with Gasteiger partial charge in [-0.05, 0) is 17.7 Å². The molecule has 0 bridgehead atoms. The average molecular weight is 249 g/mol. The molecule has 0 fully saturated rings. The molecule has 3 aromatic rings. The fraction of sp³-hybridized carbons (Fsp3) is 0.0833. The molecule has 0 unspecified atom stereocenters. The zero-order chi connectivity index (χ0) is 12.9. The van der Waals surface area contributed by atoms with E-state index in [1.807, 2.05) is 0 Å². The van der Waals surface area contributed by atoms with Crippen LogP contribution in [0.5, 0.6) is 0 Å². The molecule has 6 nitrogen and oxygen atoms in total. The molecule has 1 aromatic carbocycles. The second-order valence-electron chi connectivity index (χ2n) is 4.00. The van der Waals surface area contributed by atoms with Gasteiger partial charge in [-0.2, -0.15) is 0 Å². The number of aryl methyl sites for hydroxylation is 1. The third kappa shape index (κ3) is 1.86. The summed E-state index contributed by atoms with van der Waals surface area (Å²) >= 11 is 0. The molecule has 0 atom stereocenters. The van der Waals surface area contributed by atoms with E-state index >= 15 is 0 Å². The van der Waals surface area contributed by atoms with Crippen LogP contribution in [0, 0.1) is 0 Å². The number of fused-ring (bicyclic) bond motifs is 3. The number of carboxylic acids is 1. The van der Waals surface area contributed by atoms with Crippen LogP contribution in [0.25, 0.3) is 16.6 Å². The van der Waals surface area contributed by atoms with E-state index in [2.05, 4.69) is 4.98 Å². The maximum absolute atomic E-state index is 12.0. The Morgan fingerprint density at radius 2 is 2.00 bits per heavy atom. The first-order valence-electron chi connectivity index (χ1n) is 5.26. The maximum atomic E-state index is 12.0. The molecular formula is C12H8LiN3O3. The van der Waals surface area contributed by atoms with Crippen molar-refractivity contribution >= 4 is 22.5 Å². The van der Waals surface area contributed by atoms with Gasteiger partial charge < -0.3 is 14.5 Å². The van der Waals surface area contributed by atoms with E-state index in [1.165, 1.54) is 29.2 Å². The van der Waals surface area contributed by atoms with Crippen LogP contribution in [0.4, 0.5) is 0 Å². The van der Waals surface area contributed by atoms with Gasteiger partial charge in [-0.3, -0.25) is 9.20 Å². The third-order valence-corrected chi connectivity index (χ3v) is 2.99. The number of rotatable bonds is 1. The van der Waals surface area contributed by atoms with Crippen molar-refractivity contribution in [3.8, 4) is 0 Å². The standard InChI is InChI=1S/C12H9N3O3.Li/c1-14-8-3-2-7(12(17)18)4-9(8)15-6-13-5-10(15)11(14)16;/h2-6H,1H3,(H,17,18);/q;+1/p-1. The van der Waals surface area contributed by atoms with E-state index in [0.29, 0.717) is 16.6 Å². The minimum absolute atomic E-state index is 0. The summed E-state index contributed by atoms with van der Waals surface area (Å²) in [6.45, 7) is 0. The Bertz CT molecular complexity index is 850. The molecule has 0 spiro atoms. The quantitative estimate of drug-likeness (QED) is 0.420. The van der Waals surface area contributed by atoms with Gasteiger partial charge in [-0.1, -0.05) is 6.07 Å². The Labute approximate surface area is 119 Å². The van der Waals surface area contributed by atoms with Gasteiger partial charge in [0, 0.05) is 7.05 Å². The summed E-state index contributed by atoms with van der Waals surface area (Å²) in [4.78, 5) is 26.8. The maximum Gasteiger partial charge on any atom is 1.00 e. The molecule has 90 valence electrons. The number of carbonyl (C=O) groups is 1. The molecule has 0 aliphatic heterocycles. The van der Waals surface area contributed by atoms with E-state index in [9.17, 15) is 14.7 Å². The Hall–Kier alpha value is -2.03. The largest absolute Gasteiger partial charge is 1.00 e. The van der Waals surface area contributed by atoms with E-state index in [1.54, 1.807) is 17.5 Å². The SMILES string of the molecule is Cn1c(=O)c2cncn2c2cc(C(=O)[O-])ccc21.[Li+]. The van der Waals surface area contributed by atoms with Crippen LogP contribution in [0.15, 0.2) is 35.5 Å². The molecule has 0 saturated carbocycles. The number of carboxylic acid groups (broad SMARTS) is 1. The molecule has 2 heterocycles. The Morgan fingerprint density at radius 3 is 2.68 bits per heavy atom. The van der Waals surface area contributed by atoms with Gasteiger partial charge in [0.15, 0.2) is 0 Å². The first kappa shape index (κ1) is 13.4. The number of hydrogen-bond acceptors (Lipinski definition) is 4. The molecule has 0 saturated heterocycles. The number of aromatic nitrogens is 3. The Kier molecular flexibility index (Phi) is 3.23. The van der Waals surface area contributed by atoms with Crippen LogP contribution < -0.4 is 29.5 Å². The predicted molar refractivity (Wildman–Crippen MR) is 62.3 cm³/mol. The molecule has 0 aliphatic rings. The van der Waals surface area contributed by atoms with E-state index in [0.717, 1.165) is 0 Å². The number of aromatic carboxylic acids is 1. The van der Waals surface area contributed by atoms with Gasteiger partial charge >= 0.3 is 18.9 Å². The summed E-state index contributed by atoms with van der Waals surface area (Å²) in [5.41, 5.74) is 1.53. The molecule has 0 N–H and O–H groups in total. The van der Waals surface area contributed by atoms with Crippen molar-refractivity contribution in [2.45, 2.75) is 0 Å². The number of benzene rings is 1. The zero-order valence-electron chi connectivity index (χ0n) is 10.5. The summed E-state index contributed by atoms with van der Waals surface area (Å²) in [7, 11) is 1.64. The van der Waals surface area contributed by atoms with Crippen molar-refractivity contribution in [1.29, 1.82) is 0 Å². The summed E-state index contributed by atoms with van der Waals surface area (Å²) in [5, 5.41) is 10.9. The van der Waals surface area contributed by atoms with Crippen molar-refractivity contribution in [2.75, 3.05) is 0 Å². The molecule has 0 aliphatic carbocycles. The zero-order valence-corrected chi connectivity index (χ0v) is 10.5. The van der Waals surface area contributed by atoms with Gasteiger partial charge in [-0.15, -0.1) is 0 Å². The summed E-state index contributed by atoms with van der Waals surface area (Å²) in [6, 6.07) is 4.47. The van der Waals surface area contributed by atoms with Gasteiger partial charge in [0.2, 0.25) is 0 Å². The van der Waals surface area contributed by atoms with E-state index in [4.69, 9.17) is 0 Å². The van der Waals surface area contributed by atoms with Crippen LogP contribution in [0.2, 0.25) is 0 Å². The van der Waals surface area contributed by atoms with Crippen molar-refractivity contribution in [3.05, 3.63) is 46.6 Å². The molecular weight excluding hydrogens is 241 g/mol. The van der Waals surface area contributed by atoms with Crippen molar-refractivity contribution in [3.63, 3.8) is 0 Å². The number of hydrogen-bond donors (Lipinski definition) is 0. The molecule has 0 radical (unpaired) electrons. The van der Waals surface area contributed by atoms with Crippen LogP contribution in [0.1, 0.15) is 10.4 Å². The second-order valence-corrected chi connectivity index (χ2v) is 4.00. The fourth-order valence-electron chi connectivity index (χ4n) is 2.05. The van der Waals surface area contributed by atoms with Gasteiger partial charge in [0.05, 0.1) is 29.5 Å². The van der Waals surface area contributed by atoms with Gasteiger partial charge in [-0.25, -0.2) is 4.98 Å². The first-order chi connectivity index (χ1) is 8.59. The van der Waals surface area contributed by atoms with E-state index < -0.39 is 5.97 Å². The topological polar surface area (TPSA) is 79.4 Å². The Morgan fingerprint density at radius 1 is 1.26 bits per heavy atom. The number of carbonyl (C=O) groups excluding carboxylic acids is 1. The average Bonchev–Trinajstić information content (AvgIpc) is 2.84. The van der Waals surface area contributed by atoms with Gasteiger partial charge in [0.1, 0.15) is 5.52 Å². The van der Waals surface area contributed by atoms with Gasteiger partial charge in [0.25, 0.3) is 5.56 Å². The van der Waals surface area contributed by atoms with Crippen molar-refractivity contribution < 1.29 is 28.8 Å². The monoisotopic (exact) mass is 249 g/mol. The van der Waals surface area contributed by atoms with Crippen molar-refractivity contribution in [2.24, 2.45) is 7.05 Å². The fourth-order valence-corrected chi connectivity index (χ4v) is 2.05. The minimum Gasteiger partial charge on any atom is -0.545 e. The normalized spacial score (nSPS) is 10.6. The Balaban J connectivity index is 0.00000133. The van der Waals surface area contributed by atoms with Crippen LogP contribution in [0.3, 0.4) is 0 Å². The molecule has 7 heteroatoms.